The number of ether oxygens (including phenoxy) is 1. The van der Waals surface area contributed by atoms with Crippen molar-refractivity contribution in [2.45, 2.75) is 32.1 Å². The van der Waals surface area contributed by atoms with E-state index in [1.165, 1.54) is 35.1 Å². The lowest BCUT2D eigenvalue weighted by Crippen LogP contribution is -2.38. The Kier molecular flexibility index (Phi) is 3.06. The van der Waals surface area contributed by atoms with Crippen molar-refractivity contribution >= 4 is 33.1 Å². The Morgan fingerprint density at radius 1 is 1.30 bits per heavy atom. The van der Waals surface area contributed by atoms with Gasteiger partial charge in [0.1, 0.15) is 11.2 Å². The fourth-order valence-electron chi connectivity index (χ4n) is 3.86. The molecular formula is C16H19N5OS. The molecule has 1 saturated heterocycles. The van der Waals surface area contributed by atoms with Crippen LogP contribution in [0.25, 0.3) is 15.9 Å². The average molecular weight is 329 g/mol. The second kappa shape index (κ2) is 5.14. The van der Waals surface area contributed by atoms with E-state index in [0.717, 1.165) is 42.7 Å². The van der Waals surface area contributed by atoms with Gasteiger partial charge in [0.15, 0.2) is 5.65 Å². The molecule has 5 rings (SSSR count). The summed E-state index contributed by atoms with van der Waals surface area (Å²) in [6.07, 6.45) is 5.36. The number of hydrogen-bond acceptors (Lipinski definition) is 6. The smallest absolute Gasteiger partial charge is 0.230 e. The molecule has 120 valence electrons. The predicted molar refractivity (Wildman–Crippen MR) is 90.6 cm³/mol. The van der Waals surface area contributed by atoms with Crippen LogP contribution >= 0.6 is 11.3 Å². The topological polar surface area (TPSA) is 55.6 Å². The minimum absolute atomic E-state index is 0.587. The molecule has 0 spiro atoms. The maximum atomic E-state index is 5.47. The van der Waals surface area contributed by atoms with Gasteiger partial charge < -0.3 is 9.64 Å². The minimum Gasteiger partial charge on any atom is -0.378 e. The van der Waals surface area contributed by atoms with E-state index in [1.54, 1.807) is 6.33 Å². The van der Waals surface area contributed by atoms with Crippen molar-refractivity contribution in [3.63, 3.8) is 0 Å². The highest BCUT2D eigenvalue weighted by Crippen LogP contribution is 2.43. The highest BCUT2D eigenvalue weighted by Gasteiger charge is 2.27. The Bertz CT molecular complexity index is 879. The van der Waals surface area contributed by atoms with E-state index in [1.807, 2.05) is 15.9 Å². The molecule has 1 atom stereocenters. The lowest BCUT2D eigenvalue weighted by atomic mass is 9.87. The van der Waals surface area contributed by atoms with Gasteiger partial charge >= 0.3 is 0 Å². The Morgan fingerprint density at radius 3 is 3.04 bits per heavy atom. The Labute approximate surface area is 138 Å². The molecule has 3 aromatic heterocycles. The summed E-state index contributed by atoms with van der Waals surface area (Å²) < 4.78 is 7.39. The summed E-state index contributed by atoms with van der Waals surface area (Å²) in [7, 11) is 0. The monoisotopic (exact) mass is 329 g/mol. The number of aryl methyl sites for hydroxylation is 1. The van der Waals surface area contributed by atoms with Crippen molar-refractivity contribution in [3.8, 4) is 0 Å². The number of thiophene rings is 1. The van der Waals surface area contributed by atoms with Gasteiger partial charge in [-0.3, -0.25) is 0 Å². The lowest BCUT2D eigenvalue weighted by molar-refractivity contribution is 0.122. The first-order valence-corrected chi connectivity index (χ1v) is 9.12. The van der Waals surface area contributed by atoms with Gasteiger partial charge in [-0.25, -0.2) is 9.97 Å². The third-order valence-electron chi connectivity index (χ3n) is 4.99. The van der Waals surface area contributed by atoms with Crippen LogP contribution in [0.15, 0.2) is 6.33 Å². The maximum Gasteiger partial charge on any atom is 0.230 e. The summed E-state index contributed by atoms with van der Waals surface area (Å²) in [5.74, 6) is 1.49. The van der Waals surface area contributed by atoms with Gasteiger partial charge in [-0.2, -0.15) is 9.61 Å². The Hall–Kier alpha value is -1.73. The molecule has 0 amide bonds. The standard InChI is InChI=1S/C16H19N5OS/c1-10-3-2-4-11-12(10)13-14-17-9-18-21(14)16(19-15(13)23-11)20-5-7-22-8-6-20/h9-10H,2-8H2,1H3/t10-/m1/s1. The van der Waals surface area contributed by atoms with Gasteiger partial charge in [0.05, 0.1) is 18.6 Å². The van der Waals surface area contributed by atoms with Gasteiger partial charge in [-0.05, 0) is 30.7 Å². The van der Waals surface area contributed by atoms with Crippen molar-refractivity contribution in [2.24, 2.45) is 0 Å². The Morgan fingerprint density at radius 2 is 2.17 bits per heavy atom. The number of nitrogens with zero attached hydrogens (tertiary/aromatic N) is 5. The molecule has 7 heteroatoms. The molecule has 1 aliphatic heterocycles. The summed E-state index contributed by atoms with van der Waals surface area (Å²) in [6.45, 7) is 5.53. The van der Waals surface area contributed by atoms with Gasteiger partial charge in [-0.15, -0.1) is 11.3 Å². The van der Waals surface area contributed by atoms with Crippen LogP contribution in [0, 0.1) is 0 Å². The molecule has 4 heterocycles. The minimum atomic E-state index is 0.587. The summed E-state index contributed by atoms with van der Waals surface area (Å²) >= 11 is 1.85. The van der Waals surface area contributed by atoms with Crippen LogP contribution in [0.2, 0.25) is 0 Å². The van der Waals surface area contributed by atoms with Gasteiger partial charge in [0.25, 0.3) is 0 Å². The largest absolute Gasteiger partial charge is 0.378 e. The maximum absolute atomic E-state index is 5.47. The van der Waals surface area contributed by atoms with E-state index in [0.29, 0.717) is 5.92 Å². The average Bonchev–Trinajstić information content (AvgIpc) is 3.19. The molecular weight excluding hydrogens is 310 g/mol. The molecule has 6 nitrogen and oxygen atoms in total. The molecule has 0 N–H and O–H groups in total. The highest BCUT2D eigenvalue weighted by atomic mass is 32.1. The van der Waals surface area contributed by atoms with Crippen molar-refractivity contribution < 1.29 is 4.74 Å². The van der Waals surface area contributed by atoms with Crippen LogP contribution in [0.5, 0.6) is 0 Å². The van der Waals surface area contributed by atoms with E-state index in [-0.39, 0.29) is 0 Å². The van der Waals surface area contributed by atoms with E-state index >= 15 is 0 Å². The lowest BCUT2D eigenvalue weighted by Gasteiger charge is -2.27. The zero-order valence-electron chi connectivity index (χ0n) is 13.2. The van der Waals surface area contributed by atoms with Crippen LogP contribution in [0.4, 0.5) is 5.95 Å². The molecule has 0 saturated carbocycles. The molecule has 3 aromatic rings. The molecule has 1 aliphatic carbocycles. The number of morpholine rings is 1. The predicted octanol–water partition coefficient (Wildman–Crippen LogP) is 2.62. The first-order valence-electron chi connectivity index (χ1n) is 8.30. The first-order chi connectivity index (χ1) is 11.3. The summed E-state index contributed by atoms with van der Waals surface area (Å²) in [4.78, 5) is 14.4. The number of rotatable bonds is 1. The van der Waals surface area contributed by atoms with Gasteiger partial charge in [0.2, 0.25) is 5.95 Å². The Balaban J connectivity index is 1.79. The van der Waals surface area contributed by atoms with E-state index in [4.69, 9.17) is 9.72 Å². The van der Waals surface area contributed by atoms with Crippen molar-refractivity contribution in [2.75, 3.05) is 31.2 Å². The van der Waals surface area contributed by atoms with Crippen LogP contribution in [0.3, 0.4) is 0 Å². The quantitative estimate of drug-likeness (QED) is 0.687. The second-order valence-electron chi connectivity index (χ2n) is 6.42. The molecule has 0 unspecified atom stereocenters. The van der Waals surface area contributed by atoms with E-state index in [2.05, 4.69) is 21.9 Å². The second-order valence-corrected chi connectivity index (χ2v) is 7.50. The normalized spacial score (nSPS) is 22.0. The van der Waals surface area contributed by atoms with Crippen LogP contribution < -0.4 is 4.90 Å². The van der Waals surface area contributed by atoms with Gasteiger partial charge in [0, 0.05) is 18.0 Å². The zero-order chi connectivity index (χ0) is 15.4. The molecule has 2 aliphatic rings. The van der Waals surface area contributed by atoms with Crippen molar-refractivity contribution in [1.82, 2.24) is 19.6 Å². The summed E-state index contributed by atoms with van der Waals surface area (Å²) in [6, 6.07) is 0. The number of anilines is 1. The van der Waals surface area contributed by atoms with Crippen molar-refractivity contribution in [3.05, 3.63) is 16.8 Å². The third-order valence-corrected chi connectivity index (χ3v) is 6.15. The molecule has 23 heavy (non-hydrogen) atoms. The highest BCUT2D eigenvalue weighted by molar-refractivity contribution is 7.19. The summed E-state index contributed by atoms with van der Waals surface area (Å²) in [5.41, 5.74) is 2.43. The molecule has 0 bridgehead atoms. The molecule has 1 fully saturated rings. The van der Waals surface area contributed by atoms with E-state index in [9.17, 15) is 0 Å². The van der Waals surface area contributed by atoms with Crippen LogP contribution in [-0.4, -0.2) is 45.9 Å². The first kappa shape index (κ1) is 13.7. The molecule has 0 aromatic carbocycles. The number of fused-ring (bicyclic) bond motifs is 5. The number of hydrogen-bond donors (Lipinski definition) is 0. The SMILES string of the molecule is C[C@@H]1CCCc2sc3nc(N4CCOCC4)n4ncnc4c3c21. The molecule has 0 radical (unpaired) electrons. The van der Waals surface area contributed by atoms with E-state index < -0.39 is 0 Å². The fraction of sp³-hybridized carbons (Fsp3) is 0.562. The zero-order valence-corrected chi connectivity index (χ0v) is 14.0. The summed E-state index contributed by atoms with van der Waals surface area (Å²) in [5, 5.41) is 5.69. The fourth-order valence-corrected chi connectivity index (χ4v) is 5.18. The van der Waals surface area contributed by atoms with Crippen molar-refractivity contribution in [1.29, 1.82) is 0 Å². The van der Waals surface area contributed by atoms with Crippen LogP contribution in [0.1, 0.15) is 36.1 Å². The van der Waals surface area contributed by atoms with Gasteiger partial charge in [-0.1, -0.05) is 6.92 Å². The third kappa shape index (κ3) is 1.99. The number of aromatic nitrogens is 4. The van der Waals surface area contributed by atoms with Crippen LogP contribution in [-0.2, 0) is 11.2 Å².